The Hall–Kier alpha value is -1.80. The smallest absolute Gasteiger partial charge is 0.422 e. The molecule has 0 saturated heterocycles. The Balaban J connectivity index is 2.32. The zero-order valence-electron chi connectivity index (χ0n) is 11.3. The van der Waals surface area contributed by atoms with E-state index in [9.17, 15) is 18.0 Å². The molecule has 0 radical (unpaired) electrons. The number of ether oxygens (including phenoxy) is 2. The molecule has 0 aromatic heterocycles. The number of alkyl halides is 3. The Labute approximate surface area is 120 Å². The number of hydrogen-bond donors (Lipinski definition) is 2. The van der Waals surface area contributed by atoms with Crippen molar-refractivity contribution < 1.29 is 27.4 Å². The molecule has 0 aliphatic heterocycles. The molecule has 5 nitrogen and oxygen atoms in total. The Morgan fingerprint density at radius 1 is 1.24 bits per heavy atom. The summed E-state index contributed by atoms with van der Waals surface area (Å²) in [7, 11) is 0. The van der Waals surface area contributed by atoms with Gasteiger partial charge in [-0.2, -0.15) is 13.2 Å². The third kappa shape index (κ3) is 8.16. The lowest BCUT2D eigenvalue weighted by atomic mass is 10.2. The van der Waals surface area contributed by atoms with E-state index in [0.29, 0.717) is 13.2 Å². The lowest BCUT2D eigenvalue weighted by Crippen LogP contribution is -2.28. The third-order valence-corrected chi connectivity index (χ3v) is 2.31. The molecule has 118 valence electrons. The largest absolute Gasteiger partial charge is 0.484 e. The van der Waals surface area contributed by atoms with Gasteiger partial charge in [-0.05, 0) is 17.7 Å². The minimum Gasteiger partial charge on any atom is -0.484 e. The summed E-state index contributed by atoms with van der Waals surface area (Å²) in [6.45, 7) is -0.513. The average molecular weight is 306 g/mol. The second-order valence-electron chi connectivity index (χ2n) is 4.17. The summed E-state index contributed by atoms with van der Waals surface area (Å²) >= 11 is 0. The molecule has 8 heteroatoms. The van der Waals surface area contributed by atoms with Crippen LogP contribution in [0.2, 0.25) is 0 Å². The molecule has 1 amide bonds. The lowest BCUT2D eigenvalue weighted by Gasteiger charge is -2.10. The maximum Gasteiger partial charge on any atom is 0.422 e. The van der Waals surface area contributed by atoms with Crippen molar-refractivity contribution >= 4 is 5.91 Å². The van der Waals surface area contributed by atoms with Crippen LogP contribution in [0.25, 0.3) is 0 Å². The van der Waals surface area contributed by atoms with Crippen LogP contribution in [0.3, 0.4) is 0 Å². The molecule has 1 aromatic carbocycles. The first-order chi connectivity index (χ1) is 9.90. The molecule has 21 heavy (non-hydrogen) atoms. The van der Waals surface area contributed by atoms with Crippen LogP contribution < -0.4 is 15.8 Å². The third-order valence-electron chi connectivity index (χ3n) is 2.31. The van der Waals surface area contributed by atoms with E-state index in [1.54, 1.807) is 12.1 Å². The molecule has 1 rings (SSSR count). The summed E-state index contributed by atoms with van der Waals surface area (Å²) in [5, 5.41) is 2.61. The maximum atomic E-state index is 12.0. The first kappa shape index (κ1) is 17.3. The molecule has 0 spiro atoms. The zero-order valence-corrected chi connectivity index (χ0v) is 11.3. The van der Waals surface area contributed by atoms with Gasteiger partial charge in [0.25, 0.3) is 0 Å². The molecule has 1 aromatic rings. The molecular weight excluding hydrogens is 289 g/mol. The van der Waals surface area contributed by atoms with Crippen molar-refractivity contribution in [3.8, 4) is 5.75 Å². The van der Waals surface area contributed by atoms with E-state index >= 15 is 0 Å². The van der Waals surface area contributed by atoms with E-state index in [1.165, 1.54) is 12.1 Å². The SMILES string of the molecule is NCCOCC(=O)NCc1ccc(OCC(F)(F)F)cc1. The van der Waals surface area contributed by atoms with Gasteiger partial charge in [-0.1, -0.05) is 12.1 Å². The summed E-state index contributed by atoms with van der Waals surface area (Å²) in [6.07, 6.45) is -4.36. The fourth-order valence-electron chi connectivity index (χ4n) is 1.37. The Morgan fingerprint density at radius 3 is 2.48 bits per heavy atom. The number of rotatable bonds is 8. The predicted molar refractivity (Wildman–Crippen MR) is 69.7 cm³/mol. The van der Waals surface area contributed by atoms with Gasteiger partial charge in [0.05, 0.1) is 6.61 Å². The van der Waals surface area contributed by atoms with Gasteiger partial charge in [0, 0.05) is 13.1 Å². The highest BCUT2D eigenvalue weighted by Crippen LogP contribution is 2.18. The first-order valence-electron chi connectivity index (χ1n) is 6.24. The van der Waals surface area contributed by atoms with Crippen LogP contribution in [0.5, 0.6) is 5.75 Å². The van der Waals surface area contributed by atoms with Gasteiger partial charge in [-0.25, -0.2) is 0 Å². The van der Waals surface area contributed by atoms with E-state index in [0.717, 1.165) is 5.56 Å². The van der Waals surface area contributed by atoms with Crippen LogP contribution >= 0.6 is 0 Å². The molecule has 0 unspecified atom stereocenters. The first-order valence-corrected chi connectivity index (χ1v) is 6.24. The lowest BCUT2D eigenvalue weighted by molar-refractivity contribution is -0.153. The highest BCUT2D eigenvalue weighted by molar-refractivity contribution is 5.77. The summed E-state index contributed by atoms with van der Waals surface area (Å²) in [5.74, 6) is -0.172. The quantitative estimate of drug-likeness (QED) is 0.708. The predicted octanol–water partition coefficient (Wildman–Crippen LogP) is 1.22. The highest BCUT2D eigenvalue weighted by Gasteiger charge is 2.28. The molecule has 0 heterocycles. The molecule has 3 N–H and O–H groups in total. The van der Waals surface area contributed by atoms with E-state index in [1.807, 2.05) is 0 Å². The van der Waals surface area contributed by atoms with E-state index in [2.05, 4.69) is 10.1 Å². The van der Waals surface area contributed by atoms with Gasteiger partial charge < -0.3 is 20.5 Å². The summed E-state index contributed by atoms with van der Waals surface area (Å²) < 4.78 is 45.4. The van der Waals surface area contributed by atoms with E-state index < -0.39 is 12.8 Å². The number of nitrogens with two attached hydrogens (primary N) is 1. The number of carbonyl (C=O) groups is 1. The maximum absolute atomic E-state index is 12.0. The van der Waals surface area contributed by atoms with Crippen molar-refractivity contribution in [3.05, 3.63) is 29.8 Å². The molecule has 0 bridgehead atoms. The normalized spacial score (nSPS) is 11.2. The summed E-state index contributed by atoms with van der Waals surface area (Å²) in [6, 6.07) is 5.98. The van der Waals surface area contributed by atoms with Crippen molar-refractivity contribution in [1.29, 1.82) is 0 Å². The fraction of sp³-hybridized carbons (Fsp3) is 0.462. The molecule has 0 aliphatic rings. The van der Waals surface area contributed by atoms with Crippen molar-refractivity contribution in [2.45, 2.75) is 12.7 Å². The van der Waals surface area contributed by atoms with Crippen molar-refractivity contribution in [2.75, 3.05) is 26.4 Å². The minimum atomic E-state index is -4.36. The van der Waals surface area contributed by atoms with Gasteiger partial charge >= 0.3 is 6.18 Å². The number of amides is 1. The Kier molecular flexibility index (Phi) is 6.97. The number of carbonyl (C=O) groups excluding carboxylic acids is 1. The Morgan fingerprint density at radius 2 is 1.90 bits per heavy atom. The fourth-order valence-corrected chi connectivity index (χ4v) is 1.37. The van der Waals surface area contributed by atoms with E-state index in [-0.39, 0.29) is 24.8 Å². The molecule has 0 atom stereocenters. The van der Waals surface area contributed by atoms with Crippen LogP contribution in [0.15, 0.2) is 24.3 Å². The second-order valence-corrected chi connectivity index (χ2v) is 4.17. The van der Waals surface area contributed by atoms with Crippen molar-refractivity contribution in [2.24, 2.45) is 5.73 Å². The van der Waals surface area contributed by atoms with Crippen LogP contribution in [-0.2, 0) is 16.1 Å². The van der Waals surface area contributed by atoms with Crippen molar-refractivity contribution in [3.63, 3.8) is 0 Å². The van der Waals surface area contributed by atoms with Gasteiger partial charge in [-0.3, -0.25) is 4.79 Å². The number of benzene rings is 1. The van der Waals surface area contributed by atoms with Crippen LogP contribution in [-0.4, -0.2) is 38.4 Å². The van der Waals surface area contributed by atoms with Gasteiger partial charge in [0.2, 0.25) is 5.91 Å². The monoisotopic (exact) mass is 306 g/mol. The van der Waals surface area contributed by atoms with Crippen LogP contribution in [0.4, 0.5) is 13.2 Å². The summed E-state index contributed by atoms with van der Waals surface area (Å²) in [4.78, 5) is 11.3. The number of hydrogen-bond acceptors (Lipinski definition) is 4. The zero-order chi connectivity index (χ0) is 15.7. The second kappa shape index (κ2) is 8.48. The van der Waals surface area contributed by atoms with E-state index in [4.69, 9.17) is 10.5 Å². The molecule has 0 saturated carbocycles. The molecule has 0 aliphatic carbocycles. The molecule has 0 fully saturated rings. The van der Waals surface area contributed by atoms with Gasteiger partial charge in [0.15, 0.2) is 6.61 Å². The van der Waals surface area contributed by atoms with Gasteiger partial charge in [-0.15, -0.1) is 0 Å². The van der Waals surface area contributed by atoms with Crippen molar-refractivity contribution in [1.82, 2.24) is 5.32 Å². The number of nitrogens with one attached hydrogen (secondary N) is 1. The van der Waals surface area contributed by atoms with Crippen LogP contribution in [0, 0.1) is 0 Å². The average Bonchev–Trinajstić information content (AvgIpc) is 2.43. The number of halogens is 3. The topological polar surface area (TPSA) is 73.6 Å². The Bertz CT molecular complexity index is 435. The minimum absolute atomic E-state index is 0.0794. The van der Waals surface area contributed by atoms with Gasteiger partial charge in [0.1, 0.15) is 12.4 Å². The molecular formula is C13H17F3N2O3. The van der Waals surface area contributed by atoms with Crippen LogP contribution in [0.1, 0.15) is 5.56 Å². The summed E-state index contributed by atoms with van der Waals surface area (Å²) in [5.41, 5.74) is 5.94. The highest BCUT2D eigenvalue weighted by atomic mass is 19.4. The standard InChI is InChI=1S/C13H17F3N2O3/c14-13(15,16)9-21-11-3-1-10(2-4-11)7-18-12(19)8-20-6-5-17/h1-4H,5-9,17H2,(H,18,19).